The summed E-state index contributed by atoms with van der Waals surface area (Å²) in [6.45, 7) is 1.84. The van der Waals surface area contributed by atoms with Crippen molar-refractivity contribution in [2.24, 2.45) is 0 Å². The van der Waals surface area contributed by atoms with E-state index in [1.54, 1.807) is 10.8 Å². The van der Waals surface area contributed by atoms with Crippen molar-refractivity contribution in [2.45, 2.75) is 13.3 Å². The minimum absolute atomic E-state index is 0.0675. The van der Waals surface area contributed by atoms with Gasteiger partial charge in [-0.2, -0.15) is 0 Å². The van der Waals surface area contributed by atoms with Crippen molar-refractivity contribution in [2.75, 3.05) is 5.73 Å². The van der Waals surface area contributed by atoms with Crippen molar-refractivity contribution in [1.82, 2.24) is 4.57 Å². The van der Waals surface area contributed by atoms with Crippen molar-refractivity contribution in [3.8, 4) is 0 Å². The fraction of sp³-hybridized carbons (Fsp3) is 0.182. The maximum absolute atomic E-state index is 11.5. The molecule has 0 saturated carbocycles. The first-order valence-electron chi connectivity index (χ1n) is 4.62. The molecule has 0 atom stereocenters. The third-order valence-corrected chi connectivity index (χ3v) is 2.31. The predicted molar refractivity (Wildman–Crippen MR) is 57.3 cm³/mol. The lowest BCUT2D eigenvalue weighted by atomic mass is 10.2. The third kappa shape index (κ3) is 1.18. The van der Waals surface area contributed by atoms with Crippen LogP contribution in [0.2, 0.25) is 0 Å². The van der Waals surface area contributed by atoms with Gasteiger partial charge in [-0.1, -0.05) is 19.1 Å². The molecule has 0 saturated heterocycles. The zero-order chi connectivity index (χ0) is 10.1. The molecule has 14 heavy (non-hydrogen) atoms. The van der Waals surface area contributed by atoms with Crippen LogP contribution in [0.15, 0.2) is 30.5 Å². The summed E-state index contributed by atoms with van der Waals surface area (Å²) in [7, 11) is 0. The van der Waals surface area contributed by atoms with E-state index in [1.165, 1.54) is 0 Å². The number of hydrogen-bond acceptors (Lipinski definition) is 2. The van der Waals surface area contributed by atoms with Crippen LogP contribution in [-0.2, 0) is 0 Å². The van der Waals surface area contributed by atoms with E-state index in [4.69, 9.17) is 5.73 Å². The van der Waals surface area contributed by atoms with Gasteiger partial charge in [-0.25, -0.2) is 0 Å². The summed E-state index contributed by atoms with van der Waals surface area (Å²) in [5, 5.41) is 1.01. The monoisotopic (exact) mass is 188 g/mol. The van der Waals surface area contributed by atoms with Gasteiger partial charge in [0.15, 0.2) is 0 Å². The van der Waals surface area contributed by atoms with Gasteiger partial charge in [0, 0.05) is 18.0 Å². The number of nitrogens with zero attached hydrogens (tertiary/aromatic N) is 1. The topological polar surface area (TPSA) is 48.0 Å². The summed E-state index contributed by atoms with van der Waals surface area (Å²) in [5.74, 6) is 0.0675. The van der Waals surface area contributed by atoms with Crippen LogP contribution in [0.25, 0.3) is 10.9 Å². The lowest BCUT2D eigenvalue weighted by Crippen LogP contribution is -2.08. The number of carbonyl (C=O) groups is 1. The maximum Gasteiger partial charge on any atom is 0.230 e. The van der Waals surface area contributed by atoms with E-state index in [1.807, 2.05) is 31.2 Å². The Hall–Kier alpha value is -1.77. The van der Waals surface area contributed by atoms with Gasteiger partial charge in [-0.3, -0.25) is 9.36 Å². The molecule has 2 rings (SSSR count). The molecule has 2 N–H and O–H groups in total. The number of carbonyl (C=O) groups excluding carboxylic acids is 1. The van der Waals surface area contributed by atoms with Crippen LogP contribution in [0.3, 0.4) is 0 Å². The summed E-state index contributed by atoms with van der Waals surface area (Å²) in [6.07, 6.45) is 2.25. The molecule has 0 radical (unpaired) electrons. The molecule has 0 aliphatic carbocycles. The molecular weight excluding hydrogens is 176 g/mol. The van der Waals surface area contributed by atoms with Crippen LogP contribution >= 0.6 is 0 Å². The number of aromatic nitrogens is 1. The Kier molecular flexibility index (Phi) is 2.00. The van der Waals surface area contributed by atoms with Gasteiger partial charge in [-0.15, -0.1) is 0 Å². The van der Waals surface area contributed by atoms with Gasteiger partial charge in [0.05, 0.1) is 11.2 Å². The summed E-state index contributed by atoms with van der Waals surface area (Å²) in [6, 6.07) is 7.55. The largest absolute Gasteiger partial charge is 0.397 e. The first kappa shape index (κ1) is 8.81. The van der Waals surface area contributed by atoms with Crippen LogP contribution < -0.4 is 5.73 Å². The lowest BCUT2D eigenvalue weighted by Gasteiger charge is -2.03. The number of nitrogens with two attached hydrogens (primary N) is 1. The molecule has 2 aromatic rings. The van der Waals surface area contributed by atoms with E-state index >= 15 is 0 Å². The lowest BCUT2D eigenvalue weighted by molar-refractivity contribution is 0.0914. The van der Waals surface area contributed by atoms with Gasteiger partial charge in [0.25, 0.3) is 0 Å². The van der Waals surface area contributed by atoms with E-state index in [0.29, 0.717) is 12.1 Å². The number of para-hydroxylation sites is 1. The Morgan fingerprint density at radius 1 is 1.43 bits per heavy atom. The zero-order valence-corrected chi connectivity index (χ0v) is 8.03. The Labute approximate surface area is 82.1 Å². The number of benzene rings is 1. The summed E-state index contributed by atoms with van der Waals surface area (Å²) >= 11 is 0. The van der Waals surface area contributed by atoms with E-state index in [-0.39, 0.29) is 5.91 Å². The van der Waals surface area contributed by atoms with Crippen LogP contribution in [-0.4, -0.2) is 10.5 Å². The highest BCUT2D eigenvalue weighted by atomic mass is 16.1. The Balaban J connectivity index is 2.73. The number of hydrogen-bond donors (Lipinski definition) is 1. The van der Waals surface area contributed by atoms with E-state index in [0.717, 1.165) is 10.9 Å². The fourth-order valence-electron chi connectivity index (χ4n) is 1.60. The number of fused-ring (bicyclic) bond motifs is 1. The van der Waals surface area contributed by atoms with Gasteiger partial charge in [-0.05, 0) is 12.1 Å². The second-order valence-electron chi connectivity index (χ2n) is 3.22. The van der Waals surface area contributed by atoms with Gasteiger partial charge >= 0.3 is 0 Å². The molecule has 72 valence electrons. The Morgan fingerprint density at radius 3 is 2.93 bits per heavy atom. The van der Waals surface area contributed by atoms with Crippen molar-refractivity contribution < 1.29 is 4.79 Å². The molecular formula is C11H12N2O. The van der Waals surface area contributed by atoms with Gasteiger partial charge in [0.2, 0.25) is 5.91 Å². The van der Waals surface area contributed by atoms with Crippen molar-refractivity contribution in [3.63, 3.8) is 0 Å². The molecule has 3 heteroatoms. The second kappa shape index (κ2) is 3.18. The Bertz CT molecular complexity index is 485. The SMILES string of the molecule is CCC(=O)n1ccc2cccc(N)c21. The van der Waals surface area contributed by atoms with Gasteiger partial charge < -0.3 is 5.73 Å². The molecule has 0 aliphatic heterocycles. The molecule has 0 unspecified atom stereocenters. The summed E-state index contributed by atoms with van der Waals surface area (Å²) in [4.78, 5) is 11.5. The first-order valence-corrected chi connectivity index (χ1v) is 4.62. The molecule has 0 aliphatic rings. The number of rotatable bonds is 1. The highest BCUT2D eigenvalue weighted by Crippen LogP contribution is 2.22. The standard InChI is InChI=1S/C11H12N2O/c1-2-10(14)13-7-6-8-4-3-5-9(12)11(8)13/h3-7H,2,12H2,1H3. The smallest absolute Gasteiger partial charge is 0.230 e. The highest BCUT2D eigenvalue weighted by molar-refractivity contribution is 5.98. The third-order valence-electron chi connectivity index (χ3n) is 2.31. The maximum atomic E-state index is 11.5. The minimum Gasteiger partial charge on any atom is -0.397 e. The molecule has 1 heterocycles. The molecule has 1 aromatic carbocycles. The summed E-state index contributed by atoms with van der Waals surface area (Å²) in [5.41, 5.74) is 7.29. The average Bonchev–Trinajstić information content (AvgIpc) is 2.62. The quantitative estimate of drug-likeness (QED) is 0.698. The minimum atomic E-state index is 0.0675. The van der Waals surface area contributed by atoms with E-state index in [2.05, 4.69) is 0 Å². The molecule has 0 bridgehead atoms. The normalized spacial score (nSPS) is 10.6. The number of nitrogen functional groups attached to an aromatic ring is 1. The number of anilines is 1. The zero-order valence-electron chi connectivity index (χ0n) is 8.03. The van der Waals surface area contributed by atoms with E-state index < -0.39 is 0 Å². The summed E-state index contributed by atoms with van der Waals surface area (Å²) < 4.78 is 1.62. The molecule has 0 spiro atoms. The van der Waals surface area contributed by atoms with Crippen molar-refractivity contribution >= 4 is 22.5 Å². The van der Waals surface area contributed by atoms with Crippen LogP contribution in [0.5, 0.6) is 0 Å². The second-order valence-corrected chi connectivity index (χ2v) is 3.22. The van der Waals surface area contributed by atoms with Gasteiger partial charge in [0.1, 0.15) is 0 Å². The fourth-order valence-corrected chi connectivity index (χ4v) is 1.60. The average molecular weight is 188 g/mol. The van der Waals surface area contributed by atoms with Crippen LogP contribution in [0.1, 0.15) is 18.1 Å². The highest BCUT2D eigenvalue weighted by Gasteiger charge is 2.08. The van der Waals surface area contributed by atoms with Crippen LogP contribution in [0, 0.1) is 0 Å². The molecule has 1 aromatic heterocycles. The predicted octanol–water partition coefficient (Wildman–Crippen LogP) is 2.27. The Morgan fingerprint density at radius 2 is 2.21 bits per heavy atom. The molecule has 0 fully saturated rings. The van der Waals surface area contributed by atoms with Crippen molar-refractivity contribution in [1.29, 1.82) is 0 Å². The molecule has 0 amide bonds. The van der Waals surface area contributed by atoms with Crippen LogP contribution in [0.4, 0.5) is 5.69 Å². The van der Waals surface area contributed by atoms with Crippen molar-refractivity contribution in [3.05, 3.63) is 30.5 Å². The molecule has 3 nitrogen and oxygen atoms in total. The first-order chi connectivity index (χ1) is 6.74. The van der Waals surface area contributed by atoms with E-state index in [9.17, 15) is 4.79 Å².